The summed E-state index contributed by atoms with van der Waals surface area (Å²) in [5.41, 5.74) is 4.36. The third kappa shape index (κ3) is 2.90. The molecule has 0 saturated carbocycles. The van der Waals surface area contributed by atoms with Gasteiger partial charge in [0.05, 0.1) is 5.41 Å². The molecule has 0 aliphatic carbocycles. The summed E-state index contributed by atoms with van der Waals surface area (Å²) >= 11 is 0. The molecule has 0 spiro atoms. The van der Waals surface area contributed by atoms with Gasteiger partial charge >= 0.3 is 0 Å². The second-order valence-electron chi connectivity index (χ2n) is 3.71. The second kappa shape index (κ2) is 3.56. The lowest BCUT2D eigenvalue weighted by Gasteiger charge is -2.21. The Kier molecular flexibility index (Phi) is 3.24. The van der Waals surface area contributed by atoms with Gasteiger partial charge in [0.2, 0.25) is 11.8 Å². The molecule has 0 unspecified atom stereocenters. The van der Waals surface area contributed by atoms with Crippen LogP contribution in [0.3, 0.4) is 0 Å². The summed E-state index contributed by atoms with van der Waals surface area (Å²) in [5, 5.41) is 0. The van der Waals surface area contributed by atoms with Gasteiger partial charge in [-0.25, -0.2) is 0 Å². The van der Waals surface area contributed by atoms with Crippen LogP contribution in [-0.4, -0.2) is 30.8 Å². The standard InChI is InChI=1S/C8H16N2O2/c1-8(2,7(9)12)5-6(11)10(3)4/h5H2,1-4H3,(H2,9,12). The van der Waals surface area contributed by atoms with Crippen molar-refractivity contribution in [3.63, 3.8) is 0 Å². The minimum atomic E-state index is -0.749. The molecule has 4 heteroatoms. The fourth-order valence-electron chi connectivity index (χ4n) is 0.623. The van der Waals surface area contributed by atoms with Crippen LogP contribution in [0.4, 0.5) is 0 Å². The van der Waals surface area contributed by atoms with Gasteiger partial charge in [-0.1, -0.05) is 13.8 Å². The van der Waals surface area contributed by atoms with Crippen LogP contribution in [0.5, 0.6) is 0 Å². The van der Waals surface area contributed by atoms with Crippen LogP contribution >= 0.6 is 0 Å². The number of carbonyl (C=O) groups is 2. The zero-order chi connectivity index (χ0) is 9.94. The molecule has 0 saturated heterocycles. The smallest absolute Gasteiger partial charge is 0.223 e. The molecule has 0 bridgehead atoms. The average molecular weight is 172 g/mol. The van der Waals surface area contributed by atoms with E-state index in [4.69, 9.17) is 5.73 Å². The molecular formula is C8H16N2O2. The molecule has 2 N–H and O–H groups in total. The first-order chi connectivity index (χ1) is 5.27. The van der Waals surface area contributed by atoms with Crippen LogP contribution in [0.2, 0.25) is 0 Å². The topological polar surface area (TPSA) is 63.4 Å². The number of nitrogens with two attached hydrogens (primary N) is 1. The first-order valence-corrected chi connectivity index (χ1v) is 3.77. The van der Waals surface area contributed by atoms with E-state index in [0.29, 0.717) is 0 Å². The fourth-order valence-corrected chi connectivity index (χ4v) is 0.623. The number of hydrogen-bond donors (Lipinski definition) is 1. The van der Waals surface area contributed by atoms with Gasteiger partial charge in [-0.05, 0) is 0 Å². The molecule has 0 heterocycles. The average Bonchev–Trinajstić information content (AvgIpc) is 1.85. The molecule has 0 aromatic carbocycles. The summed E-state index contributed by atoms with van der Waals surface area (Å²) in [6.45, 7) is 3.33. The van der Waals surface area contributed by atoms with E-state index in [9.17, 15) is 9.59 Å². The Balaban J connectivity index is 4.25. The van der Waals surface area contributed by atoms with Crippen molar-refractivity contribution in [3.8, 4) is 0 Å². The zero-order valence-corrected chi connectivity index (χ0v) is 8.05. The normalized spacial score (nSPS) is 11.0. The lowest BCUT2D eigenvalue weighted by molar-refractivity contribution is -0.136. The van der Waals surface area contributed by atoms with Crippen molar-refractivity contribution in [1.82, 2.24) is 4.90 Å². The first kappa shape index (κ1) is 10.9. The monoisotopic (exact) mass is 172 g/mol. The Morgan fingerprint density at radius 3 is 2.00 bits per heavy atom. The highest BCUT2D eigenvalue weighted by Gasteiger charge is 2.28. The van der Waals surface area contributed by atoms with Crippen molar-refractivity contribution in [2.75, 3.05) is 14.1 Å². The minimum Gasteiger partial charge on any atom is -0.369 e. The van der Waals surface area contributed by atoms with Crippen molar-refractivity contribution in [3.05, 3.63) is 0 Å². The van der Waals surface area contributed by atoms with E-state index in [1.807, 2.05) is 0 Å². The van der Waals surface area contributed by atoms with Gasteiger partial charge in [-0.2, -0.15) is 0 Å². The second-order valence-corrected chi connectivity index (χ2v) is 3.71. The molecule has 0 aliphatic heterocycles. The van der Waals surface area contributed by atoms with Gasteiger partial charge in [-0.3, -0.25) is 9.59 Å². The van der Waals surface area contributed by atoms with Crippen molar-refractivity contribution < 1.29 is 9.59 Å². The van der Waals surface area contributed by atoms with Crippen LogP contribution in [-0.2, 0) is 9.59 Å². The molecule has 70 valence electrons. The highest BCUT2D eigenvalue weighted by molar-refractivity contribution is 5.87. The van der Waals surface area contributed by atoms with Crippen molar-refractivity contribution in [1.29, 1.82) is 0 Å². The Morgan fingerprint density at radius 2 is 1.75 bits per heavy atom. The maximum atomic E-state index is 11.2. The zero-order valence-electron chi connectivity index (χ0n) is 8.05. The molecule has 12 heavy (non-hydrogen) atoms. The molecule has 0 aromatic rings. The van der Waals surface area contributed by atoms with Gasteiger partial charge < -0.3 is 10.6 Å². The van der Waals surface area contributed by atoms with Crippen molar-refractivity contribution >= 4 is 11.8 Å². The quantitative estimate of drug-likeness (QED) is 0.650. The van der Waals surface area contributed by atoms with Gasteiger partial charge in [0.1, 0.15) is 0 Å². The van der Waals surface area contributed by atoms with Gasteiger partial charge in [0, 0.05) is 20.5 Å². The van der Waals surface area contributed by atoms with Crippen LogP contribution in [0.15, 0.2) is 0 Å². The van der Waals surface area contributed by atoms with E-state index in [1.165, 1.54) is 4.90 Å². The van der Waals surface area contributed by atoms with Gasteiger partial charge in [0.15, 0.2) is 0 Å². The lowest BCUT2D eigenvalue weighted by Crippen LogP contribution is -2.36. The Bertz CT molecular complexity index is 197. The summed E-state index contributed by atoms with van der Waals surface area (Å²) < 4.78 is 0. The third-order valence-electron chi connectivity index (χ3n) is 1.76. The number of carbonyl (C=O) groups excluding carboxylic acids is 2. The Labute approximate surface area is 72.7 Å². The summed E-state index contributed by atoms with van der Waals surface area (Å²) in [6, 6.07) is 0. The summed E-state index contributed by atoms with van der Waals surface area (Å²) in [7, 11) is 3.30. The highest BCUT2D eigenvalue weighted by Crippen LogP contribution is 2.19. The number of nitrogens with zero attached hydrogens (tertiary/aromatic N) is 1. The van der Waals surface area contributed by atoms with Crippen LogP contribution in [0, 0.1) is 5.41 Å². The molecule has 0 atom stereocenters. The first-order valence-electron chi connectivity index (χ1n) is 3.77. The van der Waals surface area contributed by atoms with E-state index < -0.39 is 11.3 Å². The van der Waals surface area contributed by atoms with Crippen LogP contribution < -0.4 is 5.73 Å². The number of hydrogen-bond acceptors (Lipinski definition) is 2. The van der Waals surface area contributed by atoms with Crippen molar-refractivity contribution in [2.45, 2.75) is 20.3 Å². The number of primary amides is 1. The fraction of sp³-hybridized carbons (Fsp3) is 0.750. The molecule has 0 aromatic heterocycles. The highest BCUT2D eigenvalue weighted by atomic mass is 16.2. The van der Waals surface area contributed by atoms with E-state index in [1.54, 1.807) is 27.9 Å². The molecular weight excluding hydrogens is 156 g/mol. The Hall–Kier alpha value is -1.06. The summed E-state index contributed by atoms with van der Waals surface area (Å²) in [6.07, 6.45) is 0.162. The largest absolute Gasteiger partial charge is 0.369 e. The van der Waals surface area contributed by atoms with E-state index in [2.05, 4.69) is 0 Å². The number of amides is 2. The third-order valence-corrected chi connectivity index (χ3v) is 1.76. The predicted molar refractivity (Wildman–Crippen MR) is 46.3 cm³/mol. The summed E-state index contributed by atoms with van der Waals surface area (Å²) in [4.78, 5) is 23.5. The van der Waals surface area contributed by atoms with E-state index in [-0.39, 0.29) is 12.3 Å². The van der Waals surface area contributed by atoms with Crippen LogP contribution in [0.25, 0.3) is 0 Å². The maximum absolute atomic E-state index is 11.2. The molecule has 2 amide bonds. The lowest BCUT2D eigenvalue weighted by atomic mass is 9.88. The molecule has 4 nitrogen and oxygen atoms in total. The SMILES string of the molecule is CN(C)C(=O)CC(C)(C)C(N)=O. The molecule has 0 radical (unpaired) electrons. The molecule has 0 rings (SSSR count). The Morgan fingerprint density at radius 1 is 1.33 bits per heavy atom. The predicted octanol–water partition coefficient (Wildman–Crippen LogP) is -0.0238. The minimum absolute atomic E-state index is 0.0844. The maximum Gasteiger partial charge on any atom is 0.223 e. The molecule has 0 fully saturated rings. The summed E-state index contributed by atoms with van der Waals surface area (Å²) in [5.74, 6) is -0.531. The van der Waals surface area contributed by atoms with Gasteiger partial charge in [-0.15, -0.1) is 0 Å². The number of rotatable bonds is 3. The van der Waals surface area contributed by atoms with Crippen molar-refractivity contribution in [2.24, 2.45) is 11.1 Å². The van der Waals surface area contributed by atoms with Crippen LogP contribution in [0.1, 0.15) is 20.3 Å². The molecule has 0 aliphatic rings. The van der Waals surface area contributed by atoms with Gasteiger partial charge in [0.25, 0.3) is 0 Å². The van der Waals surface area contributed by atoms with E-state index >= 15 is 0 Å². The van der Waals surface area contributed by atoms with E-state index in [0.717, 1.165) is 0 Å².